The summed E-state index contributed by atoms with van der Waals surface area (Å²) in [5.41, 5.74) is 0.512. The van der Waals surface area contributed by atoms with Crippen molar-refractivity contribution in [3.8, 4) is 0 Å². The quantitative estimate of drug-likeness (QED) is 0.757. The van der Waals surface area contributed by atoms with Gasteiger partial charge >= 0.3 is 0 Å². The molecule has 9 heteroatoms. The van der Waals surface area contributed by atoms with E-state index in [1.54, 1.807) is 36.2 Å². The van der Waals surface area contributed by atoms with Gasteiger partial charge in [-0.2, -0.15) is 0 Å². The van der Waals surface area contributed by atoms with Gasteiger partial charge in [0.15, 0.2) is 9.84 Å². The van der Waals surface area contributed by atoms with E-state index in [1.807, 2.05) is 0 Å². The van der Waals surface area contributed by atoms with Gasteiger partial charge in [-0.25, -0.2) is 8.42 Å². The smallest absolute Gasteiger partial charge is 0.238 e. The second kappa shape index (κ2) is 7.96. The van der Waals surface area contributed by atoms with Gasteiger partial charge in [0.05, 0.1) is 35.3 Å². The van der Waals surface area contributed by atoms with Crippen LogP contribution in [0.3, 0.4) is 0 Å². The minimum absolute atomic E-state index is 0.00644. The summed E-state index contributed by atoms with van der Waals surface area (Å²) >= 11 is 5.97. The van der Waals surface area contributed by atoms with Crippen LogP contribution in [0.1, 0.15) is 6.42 Å². The van der Waals surface area contributed by atoms with Crippen molar-refractivity contribution in [2.24, 2.45) is 0 Å². The fourth-order valence-electron chi connectivity index (χ4n) is 2.48. The fraction of sp³-hybridized carbons (Fsp3) is 0.467. The monoisotopic (exact) mass is 373 g/mol. The zero-order chi connectivity index (χ0) is 17.7. The van der Waals surface area contributed by atoms with E-state index in [2.05, 4.69) is 10.6 Å². The molecule has 1 aromatic rings. The van der Waals surface area contributed by atoms with Gasteiger partial charge in [0.1, 0.15) is 0 Å². The lowest BCUT2D eigenvalue weighted by atomic mass is 10.2. The Hall–Kier alpha value is -1.64. The van der Waals surface area contributed by atoms with Crippen LogP contribution in [0.25, 0.3) is 0 Å². The number of carbonyl (C=O) groups excluding carboxylic acids is 2. The Balaban J connectivity index is 1.76. The standard InChI is InChI=1S/C15H20ClN3O4S/c1-19(8-14(20)17-11-6-7-24(22,23)10-11)9-15(21)18-13-5-3-2-4-12(13)16/h2-5,11H,6-10H2,1H3,(H,17,20)(H,18,21)/t11-/m0/s1. The second-order valence-corrected chi connectivity index (χ2v) is 8.50. The lowest BCUT2D eigenvalue weighted by molar-refractivity contribution is -0.123. The lowest BCUT2D eigenvalue weighted by Gasteiger charge is -2.18. The molecule has 2 rings (SSSR count). The van der Waals surface area contributed by atoms with Crippen LogP contribution in [0.4, 0.5) is 5.69 Å². The third kappa shape index (κ3) is 5.77. The van der Waals surface area contributed by atoms with E-state index in [0.29, 0.717) is 17.1 Å². The van der Waals surface area contributed by atoms with Crippen LogP contribution in [-0.2, 0) is 19.4 Å². The summed E-state index contributed by atoms with van der Waals surface area (Å²) in [7, 11) is -1.40. The largest absolute Gasteiger partial charge is 0.351 e. The van der Waals surface area contributed by atoms with E-state index < -0.39 is 9.84 Å². The molecule has 24 heavy (non-hydrogen) atoms. The zero-order valence-electron chi connectivity index (χ0n) is 13.3. The molecule has 2 N–H and O–H groups in total. The number of halogens is 1. The normalized spacial score (nSPS) is 19.2. The van der Waals surface area contributed by atoms with E-state index in [1.165, 1.54) is 0 Å². The Morgan fingerprint density at radius 3 is 2.54 bits per heavy atom. The summed E-state index contributed by atoms with van der Waals surface area (Å²) in [6.45, 7) is 0.0219. The highest BCUT2D eigenvalue weighted by molar-refractivity contribution is 7.91. The maximum absolute atomic E-state index is 12.0. The average molecular weight is 374 g/mol. The van der Waals surface area contributed by atoms with Crippen LogP contribution in [0, 0.1) is 0 Å². The summed E-state index contributed by atoms with van der Waals surface area (Å²) < 4.78 is 22.7. The van der Waals surface area contributed by atoms with Crippen LogP contribution < -0.4 is 10.6 Å². The van der Waals surface area contributed by atoms with Gasteiger partial charge in [-0.05, 0) is 25.6 Å². The van der Waals surface area contributed by atoms with E-state index >= 15 is 0 Å². The van der Waals surface area contributed by atoms with E-state index in [0.717, 1.165) is 0 Å². The van der Waals surface area contributed by atoms with Crippen molar-refractivity contribution in [3.63, 3.8) is 0 Å². The SMILES string of the molecule is CN(CC(=O)Nc1ccccc1Cl)CC(=O)N[C@H]1CCS(=O)(=O)C1. The Kier molecular flexibility index (Phi) is 6.20. The fourth-order valence-corrected chi connectivity index (χ4v) is 4.34. The van der Waals surface area contributed by atoms with E-state index in [-0.39, 0.29) is 42.5 Å². The number of anilines is 1. The summed E-state index contributed by atoms with van der Waals surface area (Å²) in [4.78, 5) is 25.4. The number of nitrogens with one attached hydrogen (secondary N) is 2. The summed E-state index contributed by atoms with van der Waals surface area (Å²) in [5, 5.41) is 5.80. The van der Waals surface area contributed by atoms with Crippen LogP contribution >= 0.6 is 11.6 Å². The lowest BCUT2D eigenvalue weighted by Crippen LogP contribution is -2.43. The highest BCUT2D eigenvalue weighted by Crippen LogP contribution is 2.20. The minimum Gasteiger partial charge on any atom is -0.351 e. The van der Waals surface area contributed by atoms with Crippen molar-refractivity contribution in [1.82, 2.24) is 10.2 Å². The Morgan fingerprint density at radius 1 is 1.25 bits per heavy atom. The molecule has 1 heterocycles. The van der Waals surface area contributed by atoms with Crippen LogP contribution in [0.15, 0.2) is 24.3 Å². The molecule has 0 aromatic heterocycles. The highest BCUT2D eigenvalue weighted by atomic mass is 35.5. The summed E-state index contributed by atoms with van der Waals surface area (Å²) in [5.74, 6) is -0.504. The third-order valence-corrected chi connectivity index (χ3v) is 5.67. The number of carbonyl (C=O) groups is 2. The van der Waals surface area contributed by atoms with Crippen molar-refractivity contribution < 1.29 is 18.0 Å². The van der Waals surface area contributed by atoms with Gasteiger partial charge in [-0.1, -0.05) is 23.7 Å². The molecule has 132 valence electrons. The maximum atomic E-state index is 12.0. The number of rotatable bonds is 6. The maximum Gasteiger partial charge on any atom is 0.238 e. The molecule has 1 atom stereocenters. The number of hydrogen-bond acceptors (Lipinski definition) is 5. The molecule has 0 unspecified atom stereocenters. The predicted molar refractivity (Wildman–Crippen MR) is 92.8 cm³/mol. The highest BCUT2D eigenvalue weighted by Gasteiger charge is 2.29. The van der Waals surface area contributed by atoms with Gasteiger partial charge in [0.25, 0.3) is 0 Å². The molecule has 0 spiro atoms. The Labute approximate surface area is 146 Å². The van der Waals surface area contributed by atoms with Crippen LogP contribution in [-0.4, -0.2) is 62.8 Å². The first-order chi connectivity index (χ1) is 11.2. The van der Waals surface area contributed by atoms with Crippen molar-refractivity contribution in [2.75, 3.05) is 37.0 Å². The number of nitrogens with zero attached hydrogens (tertiary/aromatic N) is 1. The molecule has 0 saturated carbocycles. The average Bonchev–Trinajstić information content (AvgIpc) is 2.79. The number of hydrogen-bond donors (Lipinski definition) is 2. The number of amides is 2. The molecular formula is C15H20ClN3O4S. The molecule has 1 aromatic carbocycles. The minimum atomic E-state index is -3.03. The first kappa shape index (κ1) is 18.7. The molecule has 1 aliphatic heterocycles. The van der Waals surface area contributed by atoms with Gasteiger partial charge in [-0.15, -0.1) is 0 Å². The second-order valence-electron chi connectivity index (χ2n) is 5.87. The summed E-state index contributed by atoms with van der Waals surface area (Å²) in [6, 6.07) is 6.54. The molecule has 7 nitrogen and oxygen atoms in total. The molecule has 0 aliphatic carbocycles. The van der Waals surface area contributed by atoms with Crippen molar-refractivity contribution in [2.45, 2.75) is 12.5 Å². The molecule has 1 fully saturated rings. The van der Waals surface area contributed by atoms with Gasteiger partial charge in [0, 0.05) is 6.04 Å². The molecule has 0 radical (unpaired) electrons. The van der Waals surface area contributed by atoms with Crippen molar-refractivity contribution in [1.29, 1.82) is 0 Å². The topological polar surface area (TPSA) is 95.6 Å². The Bertz CT molecular complexity index is 723. The number of benzene rings is 1. The van der Waals surface area contributed by atoms with Gasteiger partial charge < -0.3 is 10.6 Å². The molecule has 0 bridgehead atoms. The number of sulfone groups is 1. The first-order valence-corrected chi connectivity index (χ1v) is 9.68. The molecular weight excluding hydrogens is 354 g/mol. The van der Waals surface area contributed by atoms with Gasteiger partial charge in [-0.3, -0.25) is 14.5 Å². The number of likely N-dealkylation sites (N-methyl/N-ethyl adjacent to an activating group) is 1. The van der Waals surface area contributed by atoms with E-state index in [9.17, 15) is 18.0 Å². The van der Waals surface area contributed by atoms with Gasteiger partial charge in [0.2, 0.25) is 11.8 Å². The van der Waals surface area contributed by atoms with Crippen molar-refractivity contribution in [3.05, 3.63) is 29.3 Å². The molecule has 1 saturated heterocycles. The molecule has 1 aliphatic rings. The van der Waals surface area contributed by atoms with E-state index in [4.69, 9.17) is 11.6 Å². The Morgan fingerprint density at radius 2 is 1.92 bits per heavy atom. The third-order valence-electron chi connectivity index (χ3n) is 3.57. The van der Waals surface area contributed by atoms with Crippen LogP contribution in [0.5, 0.6) is 0 Å². The number of para-hydroxylation sites is 1. The van der Waals surface area contributed by atoms with Crippen molar-refractivity contribution >= 4 is 38.9 Å². The molecule has 2 amide bonds. The first-order valence-electron chi connectivity index (χ1n) is 7.48. The zero-order valence-corrected chi connectivity index (χ0v) is 14.9. The summed E-state index contributed by atoms with van der Waals surface area (Å²) in [6.07, 6.45) is 0.435. The van der Waals surface area contributed by atoms with Crippen LogP contribution in [0.2, 0.25) is 5.02 Å². The predicted octanol–water partition coefficient (Wildman–Crippen LogP) is 0.514.